The minimum atomic E-state index is 0.626. The first-order valence-electron chi connectivity index (χ1n) is 8.12. The van der Waals surface area contributed by atoms with Gasteiger partial charge in [0, 0.05) is 41.8 Å². The van der Waals surface area contributed by atoms with E-state index in [4.69, 9.17) is 5.26 Å². The van der Waals surface area contributed by atoms with Gasteiger partial charge >= 0.3 is 0 Å². The Labute approximate surface area is 146 Å². The number of hydrogen-bond acceptors (Lipinski definition) is 6. The van der Waals surface area contributed by atoms with Gasteiger partial charge in [0.05, 0.1) is 17.8 Å². The number of aromatic nitrogens is 3. The third-order valence-corrected chi connectivity index (χ3v) is 3.97. The largest absolute Gasteiger partial charge is 0.360 e. The van der Waals surface area contributed by atoms with Gasteiger partial charge in [-0.15, -0.1) is 0 Å². The van der Waals surface area contributed by atoms with Gasteiger partial charge in [0.2, 0.25) is 0 Å². The summed E-state index contributed by atoms with van der Waals surface area (Å²) in [5, 5.41) is 14.2. The average Bonchev–Trinajstić information content (AvgIpc) is 3.05. The lowest BCUT2D eigenvalue weighted by Gasteiger charge is -2.19. The molecule has 7 heteroatoms. The van der Waals surface area contributed by atoms with Crippen molar-refractivity contribution in [2.75, 3.05) is 23.4 Å². The summed E-state index contributed by atoms with van der Waals surface area (Å²) >= 11 is 0. The minimum Gasteiger partial charge on any atom is -0.360 e. The van der Waals surface area contributed by atoms with Crippen molar-refractivity contribution in [2.45, 2.75) is 13.8 Å². The van der Waals surface area contributed by atoms with E-state index in [0.29, 0.717) is 11.4 Å². The molecule has 126 valence electrons. The molecule has 3 aromatic rings. The smallest absolute Gasteiger partial charge is 0.151 e. The van der Waals surface area contributed by atoms with Crippen molar-refractivity contribution >= 4 is 28.8 Å². The molecule has 0 aliphatic carbocycles. The lowest BCUT2D eigenvalue weighted by atomic mass is 10.1. The monoisotopic (exact) mass is 333 g/mol. The van der Waals surface area contributed by atoms with Crippen LogP contribution in [0.5, 0.6) is 0 Å². The first-order valence-corrected chi connectivity index (χ1v) is 8.12. The van der Waals surface area contributed by atoms with Gasteiger partial charge < -0.3 is 9.88 Å². The molecule has 0 fully saturated rings. The molecule has 0 amide bonds. The van der Waals surface area contributed by atoms with E-state index in [1.807, 2.05) is 24.4 Å². The van der Waals surface area contributed by atoms with Crippen LogP contribution in [0, 0.1) is 11.3 Å². The third-order valence-electron chi connectivity index (χ3n) is 3.97. The molecule has 0 bridgehead atoms. The molecule has 2 N–H and O–H groups in total. The second-order valence-electron chi connectivity index (χ2n) is 5.42. The standard InChI is InChI=1S/C18H19N7/c1-3-25(4-2)18-8-17(21-12-22-18)24-23-11-14-10-20-16-7-13(9-19)5-6-15(14)16/h5-8,10-12,20H,3-4H2,1-2H3,(H,21,22,24)/b23-11+. The molecule has 3 rings (SSSR count). The zero-order chi connectivity index (χ0) is 17.6. The molecule has 0 spiro atoms. The van der Waals surface area contributed by atoms with Gasteiger partial charge in [-0.1, -0.05) is 6.07 Å². The fourth-order valence-corrected chi connectivity index (χ4v) is 2.62. The average molecular weight is 333 g/mol. The molecule has 2 heterocycles. The molecule has 1 aromatic carbocycles. The Kier molecular flexibility index (Phi) is 4.90. The SMILES string of the molecule is CCN(CC)c1cc(N/N=C/c2c[nH]c3cc(C#N)ccc23)ncn1. The molecule has 0 atom stereocenters. The Bertz CT molecular complexity index is 932. The number of aromatic amines is 1. The second kappa shape index (κ2) is 7.45. The molecule has 0 aliphatic rings. The molecule has 7 nitrogen and oxygen atoms in total. The number of H-pyrrole nitrogens is 1. The highest BCUT2D eigenvalue weighted by molar-refractivity contribution is 5.99. The summed E-state index contributed by atoms with van der Waals surface area (Å²) in [4.78, 5) is 13.8. The maximum absolute atomic E-state index is 8.95. The van der Waals surface area contributed by atoms with Crippen LogP contribution in [-0.2, 0) is 0 Å². The fraction of sp³-hybridized carbons (Fsp3) is 0.222. The van der Waals surface area contributed by atoms with Crippen LogP contribution < -0.4 is 10.3 Å². The second-order valence-corrected chi connectivity index (χ2v) is 5.42. The van der Waals surface area contributed by atoms with Gasteiger partial charge in [-0.05, 0) is 26.0 Å². The van der Waals surface area contributed by atoms with Gasteiger partial charge in [-0.2, -0.15) is 10.4 Å². The van der Waals surface area contributed by atoms with Gasteiger partial charge in [0.1, 0.15) is 12.1 Å². The van der Waals surface area contributed by atoms with Gasteiger partial charge in [-0.3, -0.25) is 5.43 Å². The van der Waals surface area contributed by atoms with E-state index in [0.717, 1.165) is 35.4 Å². The number of hydrazone groups is 1. The number of anilines is 2. The highest BCUT2D eigenvalue weighted by Crippen LogP contribution is 2.18. The molecule has 2 aromatic heterocycles. The predicted octanol–water partition coefficient (Wildman–Crippen LogP) is 3.12. The van der Waals surface area contributed by atoms with Crippen molar-refractivity contribution in [1.29, 1.82) is 5.26 Å². The van der Waals surface area contributed by atoms with Crippen molar-refractivity contribution in [3.63, 3.8) is 0 Å². The van der Waals surface area contributed by atoms with Crippen LogP contribution in [0.15, 0.2) is 41.9 Å². The predicted molar refractivity (Wildman–Crippen MR) is 99.8 cm³/mol. The van der Waals surface area contributed by atoms with Crippen molar-refractivity contribution in [1.82, 2.24) is 15.0 Å². The van der Waals surface area contributed by atoms with E-state index in [1.165, 1.54) is 6.33 Å². The number of nitrogens with zero attached hydrogens (tertiary/aromatic N) is 5. The normalized spacial score (nSPS) is 10.9. The molecular weight excluding hydrogens is 314 g/mol. The maximum Gasteiger partial charge on any atom is 0.151 e. The number of nitriles is 1. The number of nitrogens with one attached hydrogen (secondary N) is 2. The van der Waals surface area contributed by atoms with E-state index in [1.54, 1.807) is 12.3 Å². The van der Waals surface area contributed by atoms with Crippen LogP contribution in [0.25, 0.3) is 10.9 Å². The van der Waals surface area contributed by atoms with Crippen molar-refractivity contribution in [3.05, 3.63) is 47.9 Å². The summed E-state index contributed by atoms with van der Waals surface area (Å²) in [5.74, 6) is 1.51. The summed E-state index contributed by atoms with van der Waals surface area (Å²) in [6.07, 6.45) is 5.11. The highest BCUT2D eigenvalue weighted by Gasteiger charge is 2.05. The van der Waals surface area contributed by atoms with E-state index in [2.05, 4.69) is 50.3 Å². The number of benzene rings is 1. The molecule has 25 heavy (non-hydrogen) atoms. The molecule has 0 radical (unpaired) electrons. The number of rotatable bonds is 6. The van der Waals surface area contributed by atoms with Crippen molar-refractivity contribution < 1.29 is 0 Å². The maximum atomic E-state index is 8.95. The fourth-order valence-electron chi connectivity index (χ4n) is 2.62. The zero-order valence-corrected chi connectivity index (χ0v) is 14.2. The Balaban J connectivity index is 1.76. The molecule has 0 saturated heterocycles. The van der Waals surface area contributed by atoms with Crippen LogP contribution in [0.4, 0.5) is 11.6 Å². The topological polar surface area (TPSA) is 93.0 Å². The van der Waals surface area contributed by atoms with Crippen molar-refractivity contribution in [3.8, 4) is 6.07 Å². The van der Waals surface area contributed by atoms with Crippen LogP contribution >= 0.6 is 0 Å². The van der Waals surface area contributed by atoms with Crippen LogP contribution in [-0.4, -0.2) is 34.3 Å². The zero-order valence-electron chi connectivity index (χ0n) is 14.2. The van der Waals surface area contributed by atoms with E-state index < -0.39 is 0 Å². The summed E-state index contributed by atoms with van der Waals surface area (Å²) in [6.45, 7) is 5.95. The number of hydrogen-bond donors (Lipinski definition) is 2. The Morgan fingerprint density at radius 2 is 2.12 bits per heavy atom. The summed E-state index contributed by atoms with van der Waals surface area (Å²) in [6, 6.07) is 9.53. The first kappa shape index (κ1) is 16.5. The third kappa shape index (κ3) is 3.58. The van der Waals surface area contributed by atoms with Gasteiger partial charge in [0.25, 0.3) is 0 Å². The Morgan fingerprint density at radius 3 is 2.88 bits per heavy atom. The summed E-state index contributed by atoms with van der Waals surface area (Å²) in [7, 11) is 0. The van der Waals surface area contributed by atoms with Crippen molar-refractivity contribution in [2.24, 2.45) is 5.10 Å². The Morgan fingerprint density at radius 1 is 1.28 bits per heavy atom. The quantitative estimate of drug-likeness (QED) is 0.534. The molecule has 0 saturated carbocycles. The molecular formula is C18H19N7. The van der Waals surface area contributed by atoms with Gasteiger partial charge in [0.15, 0.2) is 5.82 Å². The summed E-state index contributed by atoms with van der Waals surface area (Å²) in [5.41, 5.74) is 5.41. The van der Waals surface area contributed by atoms with Gasteiger partial charge in [-0.25, -0.2) is 9.97 Å². The highest BCUT2D eigenvalue weighted by atomic mass is 15.3. The summed E-state index contributed by atoms with van der Waals surface area (Å²) < 4.78 is 0. The minimum absolute atomic E-state index is 0.626. The number of fused-ring (bicyclic) bond motifs is 1. The molecule has 0 unspecified atom stereocenters. The van der Waals surface area contributed by atoms with Crippen LogP contribution in [0.3, 0.4) is 0 Å². The van der Waals surface area contributed by atoms with Crippen LogP contribution in [0.1, 0.15) is 25.0 Å². The lowest BCUT2D eigenvalue weighted by Crippen LogP contribution is -2.23. The Hall–Kier alpha value is -3.40. The van der Waals surface area contributed by atoms with E-state index >= 15 is 0 Å². The van der Waals surface area contributed by atoms with E-state index in [9.17, 15) is 0 Å². The van der Waals surface area contributed by atoms with E-state index in [-0.39, 0.29) is 0 Å². The molecule has 0 aliphatic heterocycles. The first-order chi connectivity index (χ1) is 12.2. The lowest BCUT2D eigenvalue weighted by molar-refractivity contribution is 0.841. The van der Waals surface area contributed by atoms with Crippen LogP contribution in [0.2, 0.25) is 0 Å².